The lowest BCUT2D eigenvalue weighted by atomic mass is 10.3. The van der Waals surface area contributed by atoms with Gasteiger partial charge in [-0.1, -0.05) is 4.49 Å². The molecule has 1 amide bonds. The monoisotopic (exact) mass is 335 g/mol. The van der Waals surface area contributed by atoms with E-state index in [2.05, 4.69) is 19.9 Å². The van der Waals surface area contributed by atoms with Crippen LogP contribution in [0.4, 0.5) is 0 Å². The fourth-order valence-electron chi connectivity index (χ4n) is 2.11. The van der Waals surface area contributed by atoms with E-state index in [9.17, 15) is 9.59 Å². The molecule has 0 aliphatic heterocycles. The summed E-state index contributed by atoms with van der Waals surface area (Å²) >= 11 is 2.51. The van der Waals surface area contributed by atoms with Gasteiger partial charge in [-0.05, 0) is 36.8 Å². The summed E-state index contributed by atoms with van der Waals surface area (Å²) < 4.78 is 5.31. The number of hydrogen-bond donors (Lipinski definition) is 1. The van der Waals surface area contributed by atoms with Gasteiger partial charge in [0.15, 0.2) is 0 Å². The Hall–Kier alpha value is -2.13. The van der Waals surface area contributed by atoms with Gasteiger partial charge in [-0.2, -0.15) is 0 Å². The average Bonchev–Trinajstić information content (AvgIpc) is 3.10. The third kappa shape index (κ3) is 2.64. The van der Waals surface area contributed by atoms with E-state index < -0.39 is 0 Å². The molecule has 3 heterocycles. The first-order valence-electron chi connectivity index (χ1n) is 6.59. The number of aromatic nitrogens is 4. The molecule has 0 aromatic carbocycles. The van der Waals surface area contributed by atoms with Crippen LogP contribution >= 0.6 is 22.9 Å². The number of carbonyl (C=O) groups is 1. The number of fused-ring (bicyclic) bond motifs is 1. The molecule has 0 fully saturated rings. The maximum atomic E-state index is 12.4. The van der Waals surface area contributed by atoms with Crippen molar-refractivity contribution in [3.8, 4) is 0 Å². The largest absolute Gasteiger partial charge is 0.349 e. The van der Waals surface area contributed by atoms with Crippen molar-refractivity contribution in [2.24, 2.45) is 0 Å². The Morgan fingerprint density at radius 2 is 2.23 bits per heavy atom. The van der Waals surface area contributed by atoms with Crippen LogP contribution in [-0.4, -0.2) is 31.6 Å². The number of hydrogen-bond acceptors (Lipinski definition) is 7. The molecule has 114 valence electrons. The van der Waals surface area contributed by atoms with Crippen LogP contribution in [0.15, 0.2) is 16.2 Å². The first kappa shape index (κ1) is 14.8. The van der Waals surface area contributed by atoms with Gasteiger partial charge in [0, 0.05) is 13.1 Å². The van der Waals surface area contributed by atoms with Gasteiger partial charge in [-0.25, -0.2) is 4.98 Å². The minimum atomic E-state index is -0.220. The summed E-state index contributed by atoms with van der Waals surface area (Å²) in [6.07, 6.45) is 0. The molecular formula is C13H13N5O2S2. The highest BCUT2D eigenvalue weighted by molar-refractivity contribution is 7.16. The van der Waals surface area contributed by atoms with Crippen LogP contribution in [0.25, 0.3) is 10.2 Å². The zero-order chi connectivity index (χ0) is 15.7. The van der Waals surface area contributed by atoms with Crippen molar-refractivity contribution in [1.29, 1.82) is 0 Å². The number of aryl methyl sites for hydroxylation is 2. The zero-order valence-electron chi connectivity index (χ0n) is 12.0. The molecule has 3 aromatic rings. The van der Waals surface area contributed by atoms with Crippen LogP contribution in [0.2, 0.25) is 0 Å². The summed E-state index contributed by atoms with van der Waals surface area (Å²) in [6.45, 7) is 4.25. The number of nitrogens with zero attached hydrogens (tertiary/aromatic N) is 4. The van der Waals surface area contributed by atoms with Gasteiger partial charge in [0.2, 0.25) is 0 Å². The van der Waals surface area contributed by atoms with Gasteiger partial charge < -0.3 is 5.32 Å². The third-order valence-electron chi connectivity index (χ3n) is 3.25. The molecule has 1 N–H and O–H groups in total. The summed E-state index contributed by atoms with van der Waals surface area (Å²) in [4.78, 5) is 30.0. The topological polar surface area (TPSA) is 89.8 Å². The van der Waals surface area contributed by atoms with Crippen molar-refractivity contribution in [1.82, 2.24) is 24.5 Å². The van der Waals surface area contributed by atoms with E-state index in [-0.39, 0.29) is 11.5 Å². The van der Waals surface area contributed by atoms with E-state index in [1.54, 1.807) is 24.5 Å². The molecule has 0 bridgehead atoms. The Bertz CT molecular complexity index is 895. The first-order valence-corrected chi connectivity index (χ1v) is 8.25. The molecule has 22 heavy (non-hydrogen) atoms. The van der Waals surface area contributed by atoms with Crippen LogP contribution < -0.4 is 10.9 Å². The molecule has 0 saturated heterocycles. The quantitative estimate of drug-likeness (QED) is 0.777. The Morgan fingerprint density at radius 3 is 2.95 bits per heavy atom. The van der Waals surface area contributed by atoms with Gasteiger partial charge in [0.25, 0.3) is 11.5 Å². The fraction of sp³-hybridized carbons (Fsp3) is 0.308. The van der Waals surface area contributed by atoms with E-state index in [1.807, 2.05) is 5.38 Å². The van der Waals surface area contributed by atoms with Crippen molar-refractivity contribution in [3.05, 3.63) is 38.2 Å². The van der Waals surface area contributed by atoms with E-state index in [0.717, 1.165) is 16.4 Å². The van der Waals surface area contributed by atoms with Crippen LogP contribution in [0.5, 0.6) is 0 Å². The van der Waals surface area contributed by atoms with Crippen molar-refractivity contribution in [2.45, 2.75) is 20.4 Å². The molecule has 9 heteroatoms. The smallest absolute Gasteiger partial charge is 0.265 e. The molecule has 0 spiro atoms. The first-order chi connectivity index (χ1) is 10.6. The fourth-order valence-corrected chi connectivity index (χ4v) is 3.49. The highest BCUT2D eigenvalue weighted by atomic mass is 32.1. The molecule has 0 unspecified atom stereocenters. The average molecular weight is 335 g/mol. The molecule has 7 nitrogen and oxygen atoms in total. The van der Waals surface area contributed by atoms with Crippen LogP contribution in [0.3, 0.4) is 0 Å². The summed E-state index contributed by atoms with van der Waals surface area (Å²) in [5.74, 6) is 0.424. The minimum absolute atomic E-state index is 0.0753. The van der Waals surface area contributed by atoms with Gasteiger partial charge in [-0.15, -0.1) is 16.4 Å². The van der Waals surface area contributed by atoms with Gasteiger partial charge in [0.1, 0.15) is 15.5 Å². The Labute approximate surface area is 133 Å². The molecule has 3 rings (SSSR count). The summed E-state index contributed by atoms with van der Waals surface area (Å²) in [5.41, 5.74) is 0.533. The maximum absolute atomic E-state index is 12.4. The van der Waals surface area contributed by atoms with Gasteiger partial charge in [0.05, 0.1) is 11.1 Å². The van der Waals surface area contributed by atoms with Crippen LogP contribution in [-0.2, 0) is 6.54 Å². The second-order valence-electron chi connectivity index (χ2n) is 4.70. The lowest BCUT2D eigenvalue weighted by Crippen LogP contribution is -2.32. The van der Waals surface area contributed by atoms with Gasteiger partial charge in [-0.3, -0.25) is 14.2 Å². The lowest BCUT2D eigenvalue weighted by molar-refractivity contribution is 0.0955. The SMILES string of the molecule is Cc1nnsc1C(=O)NCCn1c(C)nc2sccc2c1=O. The maximum Gasteiger partial charge on any atom is 0.265 e. The molecule has 3 aromatic heterocycles. The normalized spacial score (nSPS) is 11.0. The summed E-state index contributed by atoms with van der Waals surface area (Å²) in [6, 6.07) is 1.77. The second-order valence-corrected chi connectivity index (χ2v) is 6.35. The van der Waals surface area contributed by atoms with Crippen molar-refractivity contribution >= 4 is 39.0 Å². The highest BCUT2D eigenvalue weighted by Crippen LogP contribution is 2.14. The lowest BCUT2D eigenvalue weighted by Gasteiger charge is -2.10. The van der Waals surface area contributed by atoms with Crippen LogP contribution in [0, 0.1) is 13.8 Å². The number of thiophene rings is 1. The van der Waals surface area contributed by atoms with Crippen LogP contribution in [0.1, 0.15) is 21.2 Å². The number of carbonyl (C=O) groups excluding carboxylic acids is 1. The van der Waals surface area contributed by atoms with Crippen molar-refractivity contribution in [3.63, 3.8) is 0 Å². The number of nitrogens with one attached hydrogen (secondary N) is 1. The third-order valence-corrected chi connectivity index (χ3v) is 4.89. The summed E-state index contributed by atoms with van der Waals surface area (Å²) in [7, 11) is 0. The Morgan fingerprint density at radius 1 is 1.41 bits per heavy atom. The van der Waals surface area contributed by atoms with E-state index >= 15 is 0 Å². The molecule has 0 aliphatic rings. The summed E-state index contributed by atoms with van der Waals surface area (Å²) in [5, 5.41) is 9.05. The second kappa shape index (κ2) is 5.93. The number of rotatable bonds is 4. The zero-order valence-corrected chi connectivity index (χ0v) is 13.6. The van der Waals surface area contributed by atoms with Crippen molar-refractivity contribution in [2.75, 3.05) is 6.54 Å². The Kier molecular flexibility index (Phi) is 3.99. The predicted molar refractivity (Wildman–Crippen MR) is 85.6 cm³/mol. The van der Waals surface area contributed by atoms with Gasteiger partial charge >= 0.3 is 0 Å². The number of amides is 1. The Balaban J connectivity index is 1.73. The molecule has 0 saturated carbocycles. The highest BCUT2D eigenvalue weighted by Gasteiger charge is 2.13. The van der Waals surface area contributed by atoms with E-state index in [4.69, 9.17) is 0 Å². The minimum Gasteiger partial charge on any atom is -0.349 e. The molecule has 0 atom stereocenters. The molecule has 0 radical (unpaired) electrons. The van der Waals surface area contributed by atoms with E-state index in [1.165, 1.54) is 11.3 Å². The molecule has 0 aliphatic carbocycles. The predicted octanol–water partition coefficient (Wildman–Crippen LogP) is 1.36. The van der Waals surface area contributed by atoms with E-state index in [0.29, 0.717) is 34.9 Å². The van der Waals surface area contributed by atoms with Crippen molar-refractivity contribution < 1.29 is 4.79 Å². The molecular weight excluding hydrogens is 322 g/mol. The standard InChI is InChI=1S/C13H13N5O2S2/c1-7-10(22-17-16-7)11(19)14-4-5-18-8(2)15-12-9(13(18)20)3-6-21-12/h3,6H,4-5H2,1-2H3,(H,14,19).